The number of nitrogens with zero attached hydrogens (tertiary/aromatic N) is 6. The molecule has 0 atom stereocenters. The summed E-state index contributed by atoms with van der Waals surface area (Å²) in [7, 11) is 0. The van der Waals surface area contributed by atoms with Crippen LogP contribution in [-0.4, -0.2) is 36.8 Å². The lowest BCUT2D eigenvalue weighted by Gasteiger charge is -2.09. The Labute approximate surface area is 198 Å². The summed E-state index contributed by atoms with van der Waals surface area (Å²) < 4.78 is 1.97. The highest BCUT2D eigenvalue weighted by Gasteiger charge is 2.17. The lowest BCUT2D eigenvalue weighted by molar-refractivity contribution is -0.384. The van der Waals surface area contributed by atoms with Gasteiger partial charge in [-0.2, -0.15) is 5.10 Å². The predicted molar refractivity (Wildman–Crippen MR) is 128 cm³/mol. The van der Waals surface area contributed by atoms with Crippen molar-refractivity contribution in [2.45, 2.75) is 23.5 Å². The summed E-state index contributed by atoms with van der Waals surface area (Å²) in [5, 5.41) is 24.6. The van der Waals surface area contributed by atoms with E-state index in [2.05, 4.69) is 25.7 Å². The zero-order chi connectivity index (χ0) is 23.9. The van der Waals surface area contributed by atoms with Gasteiger partial charge in [-0.15, -0.1) is 10.2 Å². The first-order valence-electron chi connectivity index (χ1n) is 10.2. The molecule has 2 aromatic heterocycles. The maximum Gasteiger partial charge on any atom is 0.271 e. The summed E-state index contributed by atoms with van der Waals surface area (Å²) in [4.78, 5) is 27.6. The van der Waals surface area contributed by atoms with Crippen molar-refractivity contribution in [2.75, 3.05) is 0 Å². The van der Waals surface area contributed by atoms with Gasteiger partial charge >= 0.3 is 0 Å². The van der Waals surface area contributed by atoms with Crippen LogP contribution in [0.1, 0.15) is 22.8 Å². The third-order valence-electron chi connectivity index (χ3n) is 4.78. The molecule has 0 bridgehead atoms. The van der Waals surface area contributed by atoms with E-state index in [1.165, 1.54) is 42.5 Å². The molecule has 170 valence electrons. The Balaban J connectivity index is 1.62. The van der Waals surface area contributed by atoms with E-state index in [0.717, 1.165) is 11.4 Å². The van der Waals surface area contributed by atoms with Crippen LogP contribution in [0.5, 0.6) is 0 Å². The molecule has 0 saturated carbocycles. The van der Waals surface area contributed by atoms with Crippen LogP contribution in [0.25, 0.3) is 11.4 Å². The number of hydrogen-bond acceptors (Lipinski definition) is 8. The van der Waals surface area contributed by atoms with Crippen LogP contribution in [0.2, 0.25) is 0 Å². The molecular weight excluding hydrogens is 454 g/mol. The number of hydrazone groups is 1. The molecule has 0 radical (unpaired) electrons. The zero-order valence-corrected chi connectivity index (χ0v) is 18.8. The molecule has 4 aromatic rings. The molecule has 0 aliphatic carbocycles. The smallest absolute Gasteiger partial charge is 0.271 e. The normalized spacial score (nSPS) is 11.0. The quantitative estimate of drug-likeness (QED) is 0.231. The van der Waals surface area contributed by atoms with Gasteiger partial charge in [-0.05, 0) is 36.9 Å². The summed E-state index contributed by atoms with van der Waals surface area (Å²) in [5.41, 5.74) is 4.13. The molecule has 0 aliphatic heterocycles. The lowest BCUT2D eigenvalue weighted by Crippen LogP contribution is -2.17. The van der Waals surface area contributed by atoms with Gasteiger partial charge in [0.2, 0.25) is 0 Å². The first kappa shape index (κ1) is 22.8. The number of carbonyl (C=O) groups excluding carboxylic acids is 1. The number of hydrogen-bond donors (Lipinski definition) is 1. The minimum atomic E-state index is -0.483. The number of nitro groups is 1. The van der Waals surface area contributed by atoms with E-state index in [1.54, 1.807) is 18.2 Å². The number of non-ortho nitro benzene ring substituents is 1. The van der Waals surface area contributed by atoms with Gasteiger partial charge in [0.15, 0.2) is 11.0 Å². The highest BCUT2D eigenvalue weighted by atomic mass is 32.2. The Hall–Kier alpha value is -4.38. The van der Waals surface area contributed by atoms with Crippen LogP contribution < -0.4 is 5.43 Å². The van der Waals surface area contributed by atoms with Gasteiger partial charge in [-0.3, -0.25) is 19.9 Å². The van der Waals surface area contributed by atoms with E-state index in [-0.39, 0.29) is 5.69 Å². The monoisotopic (exact) mass is 473 g/mol. The molecule has 11 heteroatoms. The minimum absolute atomic E-state index is 0.0896. The molecule has 0 aliphatic rings. The zero-order valence-electron chi connectivity index (χ0n) is 18.0. The Morgan fingerprint density at radius 3 is 2.62 bits per heavy atom. The van der Waals surface area contributed by atoms with E-state index in [0.29, 0.717) is 27.7 Å². The van der Waals surface area contributed by atoms with Crippen molar-refractivity contribution in [1.29, 1.82) is 0 Å². The van der Waals surface area contributed by atoms with Gasteiger partial charge in [0.05, 0.1) is 11.1 Å². The minimum Gasteiger partial charge on any atom is -0.302 e. The number of nitro benzene ring substituents is 1. The Morgan fingerprint density at radius 1 is 1.15 bits per heavy atom. The predicted octanol–water partition coefficient (Wildman–Crippen LogP) is 4.18. The molecule has 0 fully saturated rings. The molecule has 0 saturated heterocycles. The van der Waals surface area contributed by atoms with E-state index in [4.69, 9.17) is 0 Å². The fourth-order valence-corrected chi connectivity index (χ4v) is 4.09. The molecule has 0 unspecified atom stereocenters. The van der Waals surface area contributed by atoms with Gasteiger partial charge < -0.3 is 4.57 Å². The molecule has 4 rings (SSSR count). The molecule has 2 heterocycles. The standard InChI is InChI=1S/C23H19N7O3S/c1-2-29-21(16-6-4-3-5-7-16)26-28-23(29)34-20-9-8-19(30(32)33)14-18(20)15-25-27-22(31)17-10-12-24-13-11-17/h3-15H,2H2,1H3,(H,27,31)/b25-15+. The average molecular weight is 474 g/mol. The van der Waals surface area contributed by atoms with Gasteiger partial charge in [0, 0.05) is 52.7 Å². The molecule has 10 nitrogen and oxygen atoms in total. The van der Waals surface area contributed by atoms with Crippen LogP contribution in [0.4, 0.5) is 5.69 Å². The van der Waals surface area contributed by atoms with Crippen LogP contribution in [0.3, 0.4) is 0 Å². The van der Waals surface area contributed by atoms with Crippen molar-refractivity contribution >= 4 is 29.6 Å². The van der Waals surface area contributed by atoms with Crippen molar-refractivity contribution < 1.29 is 9.72 Å². The van der Waals surface area contributed by atoms with E-state index in [1.807, 2.05) is 41.8 Å². The number of benzene rings is 2. The van der Waals surface area contributed by atoms with Crippen molar-refractivity contribution in [1.82, 2.24) is 25.2 Å². The molecule has 34 heavy (non-hydrogen) atoms. The lowest BCUT2D eigenvalue weighted by atomic mass is 10.2. The number of pyridine rings is 1. The van der Waals surface area contributed by atoms with Gasteiger partial charge in [-0.1, -0.05) is 30.3 Å². The summed E-state index contributed by atoms with van der Waals surface area (Å²) in [6.07, 6.45) is 4.38. The van der Waals surface area contributed by atoms with Gasteiger partial charge in [-0.25, -0.2) is 5.43 Å². The van der Waals surface area contributed by atoms with Crippen molar-refractivity contribution in [2.24, 2.45) is 5.10 Å². The van der Waals surface area contributed by atoms with Crippen LogP contribution >= 0.6 is 11.8 Å². The van der Waals surface area contributed by atoms with Gasteiger partial charge in [0.1, 0.15) is 0 Å². The largest absolute Gasteiger partial charge is 0.302 e. The Bertz CT molecular complexity index is 1340. The first-order valence-corrected chi connectivity index (χ1v) is 11.1. The topological polar surface area (TPSA) is 128 Å². The summed E-state index contributed by atoms with van der Waals surface area (Å²) in [6.45, 7) is 2.63. The maximum absolute atomic E-state index is 12.2. The summed E-state index contributed by atoms with van der Waals surface area (Å²) in [5.74, 6) is 0.309. The third-order valence-corrected chi connectivity index (χ3v) is 5.86. The van der Waals surface area contributed by atoms with Crippen molar-refractivity contribution in [3.63, 3.8) is 0 Å². The molecule has 0 spiro atoms. The van der Waals surface area contributed by atoms with E-state index >= 15 is 0 Å². The van der Waals surface area contributed by atoms with Crippen LogP contribution in [-0.2, 0) is 6.54 Å². The number of aromatic nitrogens is 4. The second kappa shape index (κ2) is 10.5. The second-order valence-electron chi connectivity index (χ2n) is 6.93. The molecule has 1 amide bonds. The Kier molecular flexibility index (Phi) is 7.04. The first-order chi connectivity index (χ1) is 16.6. The average Bonchev–Trinajstić information content (AvgIpc) is 3.28. The highest BCUT2D eigenvalue weighted by molar-refractivity contribution is 7.99. The maximum atomic E-state index is 12.2. The SMILES string of the molecule is CCn1c(Sc2ccc([N+](=O)[O-])cc2/C=N/NC(=O)c2ccncc2)nnc1-c1ccccc1. The summed E-state index contributed by atoms with van der Waals surface area (Å²) >= 11 is 1.31. The fraction of sp³-hybridized carbons (Fsp3) is 0.0870. The molecule has 2 aromatic carbocycles. The van der Waals surface area contributed by atoms with Crippen molar-refractivity contribution in [3.05, 3.63) is 94.3 Å². The molecule has 1 N–H and O–H groups in total. The van der Waals surface area contributed by atoms with E-state index in [9.17, 15) is 14.9 Å². The third kappa shape index (κ3) is 5.15. The second-order valence-corrected chi connectivity index (χ2v) is 7.94. The number of nitrogens with one attached hydrogen (secondary N) is 1. The fourth-order valence-electron chi connectivity index (χ4n) is 3.12. The van der Waals surface area contributed by atoms with Crippen LogP contribution in [0, 0.1) is 10.1 Å². The molecular formula is C23H19N7O3S. The van der Waals surface area contributed by atoms with Crippen LogP contribution in [0.15, 0.2) is 88.2 Å². The number of carbonyl (C=O) groups is 1. The van der Waals surface area contributed by atoms with E-state index < -0.39 is 10.8 Å². The van der Waals surface area contributed by atoms with Crippen molar-refractivity contribution in [3.8, 4) is 11.4 Å². The van der Waals surface area contributed by atoms with Gasteiger partial charge in [0.25, 0.3) is 11.6 Å². The number of rotatable bonds is 8. The summed E-state index contributed by atoms with van der Waals surface area (Å²) in [6, 6.07) is 17.3. The number of amides is 1. The Morgan fingerprint density at radius 2 is 1.91 bits per heavy atom. The highest BCUT2D eigenvalue weighted by Crippen LogP contribution is 2.33.